The second kappa shape index (κ2) is 7.51. The Bertz CT molecular complexity index is 965. The predicted octanol–water partition coefficient (Wildman–Crippen LogP) is 1.05. The van der Waals surface area contributed by atoms with Gasteiger partial charge in [0.15, 0.2) is 11.5 Å². The number of aromatic amines is 1. The van der Waals surface area contributed by atoms with Crippen molar-refractivity contribution in [1.29, 1.82) is 0 Å². The van der Waals surface area contributed by atoms with Gasteiger partial charge in [-0.1, -0.05) is 12.1 Å². The fraction of sp³-hybridized carbons (Fsp3) is 0.368. The summed E-state index contributed by atoms with van der Waals surface area (Å²) in [5.41, 5.74) is -1.84. The van der Waals surface area contributed by atoms with Crippen LogP contribution < -0.4 is 10.9 Å². The molecule has 2 aromatic rings. The maximum atomic E-state index is 13.0. The summed E-state index contributed by atoms with van der Waals surface area (Å²) in [6.45, 7) is 2.07. The van der Waals surface area contributed by atoms with Gasteiger partial charge >= 0.3 is 0 Å². The van der Waals surface area contributed by atoms with Crippen LogP contribution in [0.3, 0.4) is 0 Å². The highest BCUT2D eigenvalue weighted by Crippen LogP contribution is 2.30. The molecular weight excluding hydrogens is 367 g/mol. The van der Waals surface area contributed by atoms with Crippen molar-refractivity contribution >= 4 is 11.7 Å². The molecule has 0 radical (unpaired) electrons. The molecule has 1 amide bonds. The van der Waals surface area contributed by atoms with Gasteiger partial charge in [0.05, 0.1) is 0 Å². The number of aromatic nitrogens is 2. The summed E-state index contributed by atoms with van der Waals surface area (Å²) in [4.78, 5) is 45.1. The van der Waals surface area contributed by atoms with E-state index in [-0.39, 0.29) is 18.2 Å². The van der Waals surface area contributed by atoms with Gasteiger partial charge in [-0.25, -0.2) is 9.37 Å². The number of aromatic hydroxyl groups is 1. The van der Waals surface area contributed by atoms with E-state index in [2.05, 4.69) is 15.3 Å². The molecule has 1 aliphatic rings. The lowest BCUT2D eigenvalue weighted by Gasteiger charge is -2.26. The van der Waals surface area contributed by atoms with E-state index in [1.807, 2.05) is 0 Å². The third-order valence-electron chi connectivity index (χ3n) is 4.94. The lowest BCUT2D eigenvalue weighted by Crippen LogP contribution is -2.46. The smallest absolute Gasteiger partial charge is 0.294 e. The summed E-state index contributed by atoms with van der Waals surface area (Å²) in [5, 5.41) is 13.1. The SMILES string of the molecule is CC(=O)[C@@]1(c2nc(C(=O)N(C)Cc3ccc(F)cc3)c(O)c(=O)[nH]2)CCCN1. The van der Waals surface area contributed by atoms with E-state index in [4.69, 9.17) is 0 Å². The normalized spacial score (nSPS) is 18.8. The van der Waals surface area contributed by atoms with Gasteiger partial charge in [0.2, 0.25) is 5.75 Å². The molecule has 9 heteroatoms. The van der Waals surface area contributed by atoms with Gasteiger partial charge in [-0.15, -0.1) is 0 Å². The van der Waals surface area contributed by atoms with Crippen LogP contribution in [0.2, 0.25) is 0 Å². The molecule has 1 atom stereocenters. The first kappa shape index (κ1) is 19.7. The van der Waals surface area contributed by atoms with Crippen molar-refractivity contribution in [1.82, 2.24) is 20.2 Å². The molecule has 0 spiro atoms. The average Bonchev–Trinajstić information content (AvgIpc) is 3.16. The van der Waals surface area contributed by atoms with E-state index >= 15 is 0 Å². The summed E-state index contributed by atoms with van der Waals surface area (Å²) in [6.07, 6.45) is 1.13. The highest BCUT2D eigenvalue weighted by Gasteiger charge is 2.43. The van der Waals surface area contributed by atoms with Crippen molar-refractivity contribution in [2.24, 2.45) is 0 Å². The van der Waals surface area contributed by atoms with E-state index in [0.29, 0.717) is 24.9 Å². The van der Waals surface area contributed by atoms with Gasteiger partial charge < -0.3 is 15.0 Å². The van der Waals surface area contributed by atoms with Gasteiger partial charge in [-0.05, 0) is 44.0 Å². The molecule has 28 heavy (non-hydrogen) atoms. The number of amides is 1. The van der Waals surface area contributed by atoms with Gasteiger partial charge in [-0.2, -0.15) is 0 Å². The molecule has 0 aliphatic carbocycles. The molecule has 2 heterocycles. The van der Waals surface area contributed by atoms with Crippen LogP contribution in [0, 0.1) is 5.82 Å². The fourth-order valence-electron chi connectivity index (χ4n) is 3.35. The third kappa shape index (κ3) is 3.53. The number of carbonyl (C=O) groups is 2. The minimum Gasteiger partial charge on any atom is -0.501 e. The van der Waals surface area contributed by atoms with Crippen LogP contribution in [-0.2, 0) is 16.9 Å². The van der Waals surface area contributed by atoms with Crippen molar-refractivity contribution in [2.75, 3.05) is 13.6 Å². The monoisotopic (exact) mass is 388 g/mol. The Morgan fingerprint density at radius 2 is 2.00 bits per heavy atom. The van der Waals surface area contributed by atoms with E-state index in [0.717, 1.165) is 0 Å². The van der Waals surface area contributed by atoms with Crippen molar-refractivity contribution in [3.8, 4) is 5.75 Å². The molecule has 1 aliphatic heterocycles. The number of ketones is 1. The zero-order chi connectivity index (χ0) is 20.5. The minimum atomic E-state index is -1.18. The Hall–Kier alpha value is -3.07. The number of hydrogen-bond donors (Lipinski definition) is 3. The Morgan fingerprint density at radius 3 is 2.57 bits per heavy atom. The molecule has 3 N–H and O–H groups in total. The van der Waals surface area contributed by atoms with Crippen molar-refractivity contribution in [2.45, 2.75) is 31.8 Å². The number of rotatable bonds is 5. The molecule has 1 saturated heterocycles. The molecule has 0 saturated carbocycles. The maximum absolute atomic E-state index is 13.0. The van der Waals surface area contributed by atoms with Gasteiger partial charge in [0, 0.05) is 13.6 Å². The molecule has 1 aromatic heterocycles. The Balaban J connectivity index is 1.95. The van der Waals surface area contributed by atoms with E-state index in [9.17, 15) is 23.9 Å². The van der Waals surface area contributed by atoms with Gasteiger partial charge in [0.25, 0.3) is 11.5 Å². The van der Waals surface area contributed by atoms with E-state index in [1.165, 1.54) is 43.1 Å². The van der Waals surface area contributed by atoms with Crippen LogP contribution in [0.15, 0.2) is 29.1 Å². The summed E-state index contributed by atoms with van der Waals surface area (Å²) in [7, 11) is 1.47. The lowest BCUT2D eigenvalue weighted by molar-refractivity contribution is -0.123. The van der Waals surface area contributed by atoms with Crippen LogP contribution in [0.25, 0.3) is 0 Å². The fourth-order valence-corrected chi connectivity index (χ4v) is 3.35. The van der Waals surface area contributed by atoms with Crippen LogP contribution >= 0.6 is 0 Å². The zero-order valence-electron chi connectivity index (χ0n) is 15.6. The molecule has 1 aromatic carbocycles. The Morgan fingerprint density at radius 1 is 1.32 bits per heavy atom. The number of nitrogens with one attached hydrogen (secondary N) is 2. The first-order chi connectivity index (χ1) is 13.2. The van der Waals surface area contributed by atoms with E-state index < -0.39 is 34.3 Å². The molecule has 3 rings (SSSR count). The number of carbonyl (C=O) groups excluding carboxylic acids is 2. The number of halogens is 1. The third-order valence-corrected chi connectivity index (χ3v) is 4.94. The Kier molecular flexibility index (Phi) is 5.28. The number of nitrogens with zero attached hydrogens (tertiary/aromatic N) is 2. The number of Topliss-reactive ketones (excluding diaryl/α,β-unsaturated/α-hetero) is 1. The Labute approximate surface area is 160 Å². The topological polar surface area (TPSA) is 115 Å². The molecule has 0 unspecified atom stereocenters. The quantitative estimate of drug-likeness (QED) is 0.705. The van der Waals surface area contributed by atoms with Crippen LogP contribution in [-0.4, -0.2) is 45.3 Å². The average molecular weight is 388 g/mol. The number of benzene rings is 1. The summed E-state index contributed by atoms with van der Waals surface area (Å²) in [5.74, 6) is -2.12. The molecule has 1 fully saturated rings. The molecule has 8 nitrogen and oxygen atoms in total. The first-order valence-electron chi connectivity index (χ1n) is 8.84. The highest BCUT2D eigenvalue weighted by molar-refractivity contribution is 5.95. The molecular formula is C19H21FN4O4. The maximum Gasteiger partial charge on any atom is 0.294 e. The number of H-pyrrole nitrogens is 1. The van der Waals surface area contributed by atoms with Crippen LogP contribution in [0.5, 0.6) is 5.75 Å². The summed E-state index contributed by atoms with van der Waals surface area (Å²) in [6, 6.07) is 5.61. The van der Waals surface area contributed by atoms with Gasteiger partial charge in [0.1, 0.15) is 17.2 Å². The molecule has 0 bridgehead atoms. The highest BCUT2D eigenvalue weighted by atomic mass is 19.1. The lowest BCUT2D eigenvalue weighted by atomic mass is 9.91. The summed E-state index contributed by atoms with van der Waals surface area (Å²) < 4.78 is 13.0. The minimum absolute atomic E-state index is 0.0128. The second-order valence-electron chi connectivity index (χ2n) is 6.89. The summed E-state index contributed by atoms with van der Waals surface area (Å²) >= 11 is 0. The largest absolute Gasteiger partial charge is 0.501 e. The van der Waals surface area contributed by atoms with E-state index in [1.54, 1.807) is 0 Å². The standard InChI is InChI=1S/C19H21FN4O4/c1-11(25)19(8-3-9-21-19)18-22-14(15(26)16(27)23-18)17(28)24(2)10-12-4-6-13(20)7-5-12/h4-7,21,26H,3,8-10H2,1-2H3,(H,22,23,27)/t19-/m1/s1. The van der Waals surface area contributed by atoms with Crippen molar-refractivity contribution in [3.63, 3.8) is 0 Å². The first-order valence-corrected chi connectivity index (χ1v) is 8.84. The second-order valence-corrected chi connectivity index (χ2v) is 6.89. The number of hydrogen-bond acceptors (Lipinski definition) is 6. The zero-order valence-corrected chi connectivity index (χ0v) is 15.6. The van der Waals surface area contributed by atoms with Crippen molar-refractivity contribution < 1.29 is 19.1 Å². The van der Waals surface area contributed by atoms with Gasteiger partial charge in [-0.3, -0.25) is 19.7 Å². The molecule has 148 valence electrons. The van der Waals surface area contributed by atoms with Crippen LogP contribution in [0.1, 0.15) is 41.6 Å². The van der Waals surface area contributed by atoms with Crippen molar-refractivity contribution in [3.05, 3.63) is 57.5 Å². The predicted molar refractivity (Wildman–Crippen MR) is 98.3 cm³/mol. The van der Waals surface area contributed by atoms with Crippen LogP contribution in [0.4, 0.5) is 4.39 Å².